The van der Waals surface area contributed by atoms with Crippen molar-refractivity contribution in [3.05, 3.63) is 41.7 Å². The number of pyridine rings is 1. The topological polar surface area (TPSA) is 67.0 Å². The van der Waals surface area contributed by atoms with Crippen LogP contribution in [0.1, 0.15) is 36.5 Å². The molecular weight excluding hydrogens is 302 g/mol. The highest BCUT2D eigenvalue weighted by Gasteiger charge is 2.12. The minimum atomic E-state index is -0.142. The van der Waals surface area contributed by atoms with E-state index in [0.717, 1.165) is 33.9 Å². The average molecular weight is 325 g/mol. The quantitative estimate of drug-likeness (QED) is 0.681. The third-order valence-corrected chi connectivity index (χ3v) is 3.89. The molecule has 0 saturated heterocycles. The first-order chi connectivity index (χ1) is 11.5. The maximum Gasteiger partial charge on any atom is 0.269 e. The van der Waals surface area contributed by atoms with Gasteiger partial charge in [-0.25, -0.2) is 4.98 Å². The fourth-order valence-electron chi connectivity index (χ4n) is 2.68. The summed E-state index contributed by atoms with van der Waals surface area (Å²) >= 11 is 0. The van der Waals surface area contributed by atoms with Gasteiger partial charge in [0.05, 0.1) is 17.1 Å². The molecular formula is C19H23N3O2. The molecule has 1 aromatic carbocycles. The van der Waals surface area contributed by atoms with Crippen LogP contribution >= 0.6 is 0 Å². The van der Waals surface area contributed by atoms with Crippen LogP contribution in [0.5, 0.6) is 0 Å². The third kappa shape index (κ3) is 3.57. The number of H-pyrrole nitrogens is 1. The normalized spacial score (nSPS) is 11.5. The molecule has 0 unspecified atom stereocenters. The molecule has 0 aliphatic heterocycles. The van der Waals surface area contributed by atoms with Crippen LogP contribution in [0.4, 0.5) is 0 Å². The van der Waals surface area contributed by atoms with E-state index in [0.29, 0.717) is 18.8 Å². The molecule has 0 fully saturated rings. The number of fused-ring (bicyclic) bond motifs is 3. The highest BCUT2D eigenvalue weighted by Crippen LogP contribution is 2.24. The van der Waals surface area contributed by atoms with Gasteiger partial charge in [-0.3, -0.25) is 4.79 Å². The second-order valence-electron chi connectivity index (χ2n) is 6.28. The maximum absolute atomic E-state index is 12.3. The Balaban J connectivity index is 1.74. The van der Waals surface area contributed by atoms with Gasteiger partial charge < -0.3 is 15.0 Å². The molecule has 0 saturated carbocycles. The Labute approximate surface area is 141 Å². The number of carbonyl (C=O) groups excluding carboxylic acids is 1. The largest absolute Gasteiger partial charge is 0.379 e. The van der Waals surface area contributed by atoms with E-state index < -0.39 is 0 Å². The Morgan fingerprint density at radius 3 is 2.79 bits per heavy atom. The number of hydrogen-bond donors (Lipinski definition) is 2. The summed E-state index contributed by atoms with van der Waals surface area (Å²) in [4.78, 5) is 20.2. The van der Waals surface area contributed by atoms with E-state index in [9.17, 15) is 4.79 Å². The van der Waals surface area contributed by atoms with E-state index in [1.165, 1.54) is 0 Å². The van der Waals surface area contributed by atoms with E-state index in [4.69, 9.17) is 4.74 Å². The van der Waals surface area contributed by atoms with Crippen LogP contribution in [0.15, 0.2) is 30.3 Å². The zero-order chi connectivity index (χ0) is 17.1. The summed E-state index contributed by atoms with van der Waals surface area (Å²) in [6, 6.07) is 9.97. The van der Waals surface area contributed by atoms with Crippen molar-refractivity contribution in [3.63, 3.8) is 0 Å². The standard InChI is InChI=1S/C19H23N3O2/c1-12(2)24-10-4-9-20-19(23)16-11-15-8-7-14-6-5-13(3)21-17(14)18(15)22-16/h5-8,11-12,21H,4,9-10H2,1-3H3,(H,20,23). The molecule has 1 amide bonds. The molecule has 2 heterocycles. The second kappa shape index (κ2) is 7.01. The lowest BCUT2D eigenvalue weighted by atomic mass is 10.1. The molecule has 0 aliphatic carbocycles. The number of nitrogens with zero attached hydrogens (tertiary/aromatic N) is 1. The molecule has 0 bridgehead atoms. The molecule has 5 nitrogen and oxygen atoms in total. The second-order valence-corrected chi connectivity index (χ2v) is 6.28. The lowest BCUT2D eigenvalue weighted by molar-refractivity contribution is 0.0756. The summed E-state index contributed by atoms with van der Waals surface area (Å²) in [6.45, 7) is 7.24. The van der Waals surface area contributed by atoms with Crippen molar-refractivity contribution >= 4 is 27.7 Å². The average Bonchev–Trinajstić information content (AvgIpc) is 2.98. The summed E-state index contributed by atoms with van der Waals surface area (Å²) in [5.41, 5.74) is 3.33. The number of aromatic nitrogens is 2. The Morgan fingerprint density at radius 2 is 2.00 bits per heavy atom. The molecule has 126 valence electrons. The van der Waals surface area contributed by atoms with Gasteiger partial charge in [0.1, 0.15) is 5.69 Å². The van der Waals surface area contributed by atoms with E-state index >= 15 is 0 Å². The Hall–Kier alpha value is -2.40. The summed E-state index contributed by atoms with van der Waals surface area (Å²) < 4.78 is 5.47. The van der Waals surface area contributed by atoms with Crippen LogP contribution in [0.3, 0.4) is 0 Å². The van der Waals surface area contributed by atoms with E-state index in [-0.39, 0.29) is 12.0 Å². The predicted octanol–water partition coefficient (Wildman–Crippen LogP) is 3.57. The summed E-state index contributed by atoms with van der Waals surface area (Å²) in [7, 11) is 0. The summed E-state index contributed by atoms with van der Waals surface area (Å²) in [5.74, 6) is -0.142. The molecule has 2 N–H and O–H groups in total. The molecule has 0 aliphatic rings. The molecule has 3 rings (SSSR count). The van der Waals surface area contributed by atoms with Gasteiger partial charge in [-0.1, -0.05) is 18.2 Å². The van der Waals surface area contributed by atoms with Gasteiger partial charge in [0.15, 0.2) is 0 Å². The number of benzene rings is 1. The monoisotopic (exact) mass is 325 g/mol. The van der Waals surface area contributed by atoms with Crippen molar-refractivity contribution in [3.8, 4) is 0 Å². The lowest BCUT2D eigenvalue weighted by Gasteiger charge is -2.07. The van der Waals surface area contributed by atoms with E-state index in [2.05, 4.69) is 21.4 Å². The lowest BCUT2D eigenvalue weighted by Crippen LogP contribution is -2.25. The molecule has 0 radical (unpaired) electrons. The predicted molar refractivity (Wildman–Crippen MR) is 96.4 cm³/mol. The van der Waals surface area contributed by atoms with Crippen molar-refractivity contribution in [2.45, 2.75) is 33.3 Å². The van der Waals surface area contributed by atoms with Gasteiger partial charge in [-0.15, -0.1) is 0 Å². The molecule has 24 heavy (non-hydrogen) atoms. The van der Waals surface area contributed by atoms with Crippen molar-refractivity contribution in [2.24, 2.45) is 0 Å². The van der Waals surface area contributed by atoms with Crippen LogP contribution < -0.4 is 5.32 Å². The van der Waals surface area contributed by atoms with Crippen molar-refractivity contribution < 1.29 is 9.53 Å². The van der Waals surface area contributed by atoms with E-state index in [1.807, 2.05) is 45.0 Å². The third-order valence-electron chi connectivity index (χ3n) is 3.89. The van der Waals surface area contributed by atoms with Gasteiger partial charge in [0.25, 0.3) is 5.91 Å². The van der Waals surface area contributed by atoms with Crippen LogP contribution in [0, 0.1) is 6.92 Å². The smallest absolute Gasteiger partial charge is 0.269 e. The highest BCUT2D eigenvalue weighted by molar-refractivity contribution is 6.07. The maximum atomic E-state index is 12.3. The zero-order valence-corrected chi connectivity index (χ0v) is 14.3. The number of aryl methyl sites for hydroxylation is 1. The number of ether oxygens (including phenoxy) is 1. The number of carbonyl (C=O) groups is 1. The van der Waals surface area contributed by atoms with Gasteiger partial charge >= 0.3 is 0 Å². The number of nitrogens with one attached hydrogen (secondary N) is 2. The number of rotatable bonds is 6. The Kier molecular flexibility index (Phi) is 4.81. The minimum absolute atomic E-state index is 0.142. The SMILES string of the molecule is Cc1ccc2ccc3cc(C(=O)NCCCOC(C)C)nc3c2[nH]1. The number of hydrogen-bond acceptors (Lipinski definition) is 3. The van der Waals surface area contributed by atoms with E-state index in [1.54, 1.807) is 0 Å². The summed E-state index contributed by atoms with van der Waals surface area (Å²) in [6.07, 6.45) is 1.01. The fraction of sp³-hybridized carbons (Fsp3) is 0.368. The first-order valence-electron chi connectivity index (χ1n) is 8.33. The molecule has 0 spiro atoms. The van der Waals surface area contributed by atoms with Gasteiger partial charge in [0, 0.05) is 29.6 Å². The first-order valence-corrected chi connectivity index (χ1v) is 8.33. The Bertz CT molecular complexity index is 868. The Morgan fingerprint density at radius 1 is 1.25 bits per heavy atom. The van der Waals surface area contributed by atoms with Crippen molar-refractivity contribution in [2.75, 3.05) is 13.2 Å². The molecule has 3 aromatic rings. The molecule has 2 aromatic heterocycles. The highest BCUT2D eigenvalue weighted by atomic mass is 16.5. The molecule has 5 heteroatoms. The zero-order valence-electron chi connectivity index (χ0n) is 14.3. The van der Waals surface area contributed by atoms with Gasteiger partial charge in [-0.05, 0) is 39.3 Å². The van der Waals surface area contributed by atoms with Crippen molar-refractivity contribution in [1.29, 1.82) is 0 Å². The van der Waals surface area contributed by atoms with Crippen LogP contribution in [-0.2, 0) is 4.74 Å². The molecule has 0 atom stereocenters. The van der Waals surface area contributed by atoms with Gasteiger partial charge in [-0.2, -0.15) is 0 Å². The van der Waals surface area contributed by atoms with Crippen LogP contribution in [-0.4, -0.2) is 35.1 Å². The first kappa shape index (κ1) is 16.5. The minimum Gasteiger partial charge on any atom is -0.379 e. The number of aromatic amines is 1. The van der Waals surface area contributed by atoms with Gasteiger partial charge in [0.2, 0.25) is 0 Å². The number of amides is 1. The van der Waals surface area contributed by atoms with Crippen molar-refractivity contribution in [1.82, 2.24) is 15.3 Å². The van der Waals surface area contributed by atoms with Crippen LogP contribution in [0.2, 0.25) is 0 Å². The fourth-order valence-corrected chi connectivity index (χ4v) is 2.68. The summed E-state index contributed by atoms with van der Waals surface area (Å²) in [5, 5.41) is 4.96. The van der Waals surface area contributed by atoms with Crippen LogP contribution in [0.25, 0.3) is 21.8 Å².